The van der Waals surface area contributed by atoms with E-state index < -0.39 is 11.7 Å². The maximum atomic E-state index is 11.4. The van der Waals surface area contributed by atoms with Gasteiger partial charge in [0.1, 0.15) is 29.5 Å². The summed E-state index contributed by atoms with van der Waals surface area (Å²) >= 11 is 0. The van der Waals surface area contributed by atoms with Crippen LogP contribution in [-0.4, -0.2) is 49.8 Å². The zero-order valence-corrected chi connectivity index (χ0v) is 15.7. The Kier molecular flexibility index (Phi) is 9.36. The maximum Gasteiger partial charge on any atom is 0.407 e. The van der Waals surface area contributed by atoms with Crippen LogP contribution in [0.2, 0.25) is 0 Å². The molecule has 0 bridgehead atoms. The van der Waals surface area contributed by atoms with E-state index in [1.807, 2.05) is 0 Å². The van der Waals surface area contributed by atoms with E-state index in [0.717, 1.165) is 6.42 Å². The van der Waals surface area contributed by atoms with Crippen molar-refractivity contribution in [2.24, 2.45) is 0 Å². The van der Waals surface area contributed by atoms with Crippen LogP contribution in [0, 0.1) is 0 Å². The molecule has 0 heterocycles. The number of phenols is 1. The first-order valence-corrected chi connectivity index (χ1v) is 8.55. The van der Waals surface area contributed by atoms with Crippen LogP contribution in [0.4, 0.5) is 4.79 Å². The zero-order chi connectivity index (χ0) is 19.4. The number of nitrogens with one attached hydrogen (secondary N) is 1. The molecule has 0 fully saturated rings. The van der Waals surface area contributed by atoms with Crippen LogP contribution in [-0.2, 0) is 9.47 Å². The van der Waals surface area contributed by atoms with Crippen molar-refractivity contribution in [2.45, 2.75) is 32.8 Å². The van der Waals surface area contributed by atoms with Gasteiger partial charge in [0, 0.05) is 24.7 Å². The van der Waals surface area contributed by atoms with Crippen molar-refractivity contribution in [1.29, 1.82) is 0 Å². The van der Waals surface area contributed by atoms with Gasteiger partial charge in [0.05, 0.1) is 19.8 Å². The third-order valence-electron chi connectivity index (χ3n) is 2.87. The highest BCUT2D eigenvalue weighted by Gasteiger charge is 2.15. The minimum absolute atomic E-state index is 0.0681. The first-order chi connectivity index (χ1) is 12.3. The number of aromatic hydroxyl groups is 1. The molecule has 0 atom stereocenters. The molecule has 1 aromatic rings. The number of alkyl carbamates (subject to hydrolysis) is 1. The molecule has 1 amide bonds. The molecular formula is C19H29NO6. The van der Waals surface area contributed by atoms with Crippen LogP contribution in [0.15, 0.2) is 30.9 Å². The Morgan fingerprint density at radius 3 is 2.38 bits per heavy atom. The van der Waals surface area contributed by atoms with Gasteiger partial charge in [-0.15, -0.1) is 6.58 Å². The van der Waals surface area contributed by atoms with Crippen molar-refractivity contribution in [3.05, 3.63) is 30.9 Å². The zero-order valence-electron chi connectivity index (χ0n) is 15.7. The number of carbonyl (C=O) groups excluding carboxylic acids is 1. The Bertz CT molecular complexity index is 568. The number of hydrogen-bond acceptors (Lipinski definition) is 6. The van der Waals surface area contributed by atoms with Crippen molar-refractivity contribution < 1.29 is 28.8 Å². The molecule has 0 saturated carbocycles. The minimum atomic E-state index is -0.520. The molecule has 0 spiro atoms. The normalized spacial score (nSPS) is 10.9. The van der Waals surface area contributed by atoms with E-state index in [-0.39, 0.29) is 5.75 Å². The van der Waals surface area contributed by atoms with Crippen molar-refractivity contribution in [3.8, 4) is 17.2 Å². The van der Waals surface area contributed by atoms with Crippen LogP contribution >= 0.6 is 0 Å². The van der Waals surface area contributed by atoms with Crippen LogP contribution in [0.3, 0.4) is 0 Å². The average Bonchev–Trinajstić information content (AvgIpc) is 2.52. The number of phenolic OH excluding ortho intramolecular Hbond substituents is 1. The Hall–Kier alpha value is -2.41. The second-order valence-corrected chi connectivity index (χ2v) is 6.48. The first kappa shape index (κ1) is 21.6. The van der Waals surface area contributed by atoms with Gasteiger partial charge in [0.15, 0.2) is 0 Å². The summed E-state index contributed by atoms with van der Waals surface area (Å²) in [6, 6.07) is 4.73. The van der Waals surface area contributed by atoms with Crippen LogP contribution in [0.25, 0.3) is 0 Å². The van der Waals surface area contributed by atoms with Gasteiger partial charge in [-0.3, -0.25) is 0 Å². The number of benzene rings is 1. The number of ether oxygens (including phenoxy) is 4. The number of amides is 1. The fraction of sp³-hybridized carbons (Fsp3) is 0.526. The lowest BCUT2D eigenvalue weighted by Gasteiger charge is -2.19. The van der Waals surface area contributed by atoms with Gasteiger partial charge >= 0.3 is 6.09 Å². The van der Waals surface area contributed by atoms with E-state index >= 15 is 0 Å². The SMILES string of the molecule is C=CCCOc1cc(O)cc(OCCOCCNC(=O)OC(C)(C)C)c1. The molecule has 2 N–H and O–H groups in total. The molecule has 0 unspecified atom stereocenters. The molecule has 0 saturated heterocycles. The molecule has 0 aromatic heterocycles. The van der Waals surface area contributed by atoms with Crippen LogP contribution in [0.5, 0.6) is 17.2 Å². The van der Waals surface area contributed by atoms with E-state index in [2.05, 4.69) is 11.9 Å². The molecule has 0 aliphatic heterocycles. The van der Waals surface area contributed by atoms with Crippen LogP contribution < -0.4 is 14.8 Å². The monoisotopic (exact) mass is 367 g/mol. The van der Waals surface area contributed by atoms with Gasteiger partial charge in [0.25, 0.3) is 0 Å². The fourth-order valence-electron chi connectivity index (χ4n) is 1.84. The van der Waals surface area contributed by atoms with Gasteiger partial charge in [-0.05, 0) is 27.2 Å². The summed E-state index contributed by atoms with van der Waals surface area (Å²) in [7, 11) is 0. The topological polar surface area (TPSA) is 86.3 Å². The summed E-state index contributed by atoms with van der Waals surface area (Å²) in [5.74, 6) is 1.09. The molecule has 0 radical (unpaired) electrons. The van der Waals surface area contributed by atoms with Gasteiger partial charge < -0.3 is 29.4 Å². The van der Waals surface area contributed by atoms with Crippen molar-refractivity contribution >= 4 is 6.09 Å². The summed E-state index contributed by atoms with van der Waals surface area (Å²) in [6.45, 7) is 10.9. The molecule has 146 valence electrons. The van der Waals surface area contributed by atoms with Gasteiger partial charge in [-0.2, -0.15) is 0 Å². The van der Waals surface area contributed by atoms with Crippen molar-refractivity contribution in [3.63, 3.8) is 0 Å². The molecule has 0 aliphatic rings. The summed E-state index contributed by atoms with van der Waals surface area (Å²) in [5.41, 5.74) is -0.520. The quantitative estimate of drug-likeness (QED) is 0.461. The van der Waals surface area contributed by atoms with E-state index in [1.54, 1.807) is 32.9 Å². The molecule has 1 rings (SSSR count). The van der Waals surface area contributed by atoms with E-state index in [4.69, 9.17) is 18.9 Å². The van der Waals surface area contributed by atoms with E-state index in [0.29, 0.717) is 44.5 Å². The summed E-state index contributed by atoms with van der Waals surface area (Å²) in [5, 5.41) is 12.3. The predicted molar refractivity (Wildman–Crippen MR) is 99.0 cm³/mol. The van der Waals surface area contributed by atoms with Crippen molar-refractivity contribution in [1.82, 2.24) is 5.32 Å². The molecule has 26 heavy (non-hydrogen) atoms. The Morgan fingerprint density at radius 2 is 1.77 bits per heavy atom. The predicted octanol–water partition coefficient (Wildman–Crippen LogP) is 3.27. The third kappa shape index (κ3) is 10.5. The van der Waals surface area contributed by atoms with Gasteiger partial charge in [-0.25, -0.2) is 4.79 Å². The third-order valence-corrected chi connectivity index (χ3v) is 2.87. The lowest BCUT2D eigenvalue weighted by Crippen LogP contribution is -2.34. The molecular weight excluding hydrogens is 338 g/mol. The highest BCUT2D eigenvalue weighted by Crippen LogP contribution is 2.27. The van der Waals surface area contributed by atoms with Crippen molar-refractivity contribution in [2.75, 3.05) is 33.0 Å². The number of carbonyl (C=O) groups is 1. The lowest BCUT2D eigenvalue weighted by atomic mass is 10.2. The maximum absolute atomic E-state index is 11.4. The second-order valence-electron chi connectivity index (χ2n) is 6.48. The highest BCUT2D eigenvalue weighted by atomic mass is 16.6. The minimum Gasteiger partial charge on any atom is -0.508 e. The van der Waals surface area contributed by atoms with Gasteiger partial charge in [0.2, 0.25) is 0 Å². The molecule has 0 aliphatic carbocycles. The van der Waals surface area contributed by atoms with Crippen LogP contribution in [0.1, 0.15) is 27.2 Å². The Balaban J connectivity index is 2.19. The largest absolute Gasteiger partial charge is 0.508 e. The smallest absolute Gasteiger partial charge is 0.407 e. The first-order valence-electron chi connectivity index (χ1n) is 8.55. The number of hydrogen-bond donors (Lipinski definition) is 2. The number of rotatable bonds is 11. The molecule has 7 nitrogen and oxygen atoms in total. The highest BCUT2D eigenvalue weighted by molar-refractivity contribution is 5.67. The summed E-state index contributed by atoms with van der Waals surface area (Å²) < 4.78 is 21.5. The Labute approximate surface area is 154 Å². The summed E-state index contributed by atoms with van der Waals surface area (Å²) in [4.78, 5) is 11.4. The standard InChI is InChI=1S/C19H29NO6/c1-5-6-8-24-16-12-15(21)13-17(14-16)25-11-10-23-9-7-20-18(22)26-19(2,3)4/h5,12-14,21H,1,6-11H2,2-4H3,(H,20,22). The van der Waals surface area contributed by atoms with Gasteiger partial charge in [-0.1, -0.05) is 6.08 Å². The molecule has 7 heteroatoms. The second kappa shape index (κ2) is 11.3. The fourth-order valence-corrected chi connectivity index (χ4v) is 1.84. The lowest BCUT2D eigenvalue weighted by molar-refractivity contribution is 0.0489. The van der Waals surface area contributed by atoms with E-state index in [9.17, 15) is 9.90 Å². The Morgan fingerprint density at radius 1 is 1.12 bits per heavy atom. The summed E-state index contributed by atoms with van der Waals surface area (Å²) in [6.07, 6.45) is 2.01. The average molecular weight is 367 g/mol. The van der Waals surface area contributed by atoms with E-state index in [1.165, 1.54) is 12.1 Å². The molecule has 1 aromatic carbocycles.